The summed E-state index contributed by atoms with van der Waals surface area (Å²) in [6, 6.07) is 2.85. The predicted molar refractivity (Wildman–Crippen MR) is 92.0 cm³/mol. The molecular weight excluding hydrogens is 362 g/mol. The maximum Gasteiger partial charge on any atom is 0.246 e. The Morgan fingerprint density at radius 2 is 1.77 bits per heavy atom. The third kappa shape index (κ3) is 3.52. The lowest BCUT2D eigenvalue weighted by molar-refractivity contribution is 0.113. The van der Waals surface area contributed by atoms with Gasteiger partial charge in [-0.05, 0) is 49.1 Å². The summed E-state index contributed by atoms with van der Waals surface area (Å²) in [5, 5.41) is 0. The zero-order valence-corrected chi connectivity index (χ0v) is 15.4. The molecule has 1 aromatic carbocycles. The minimum Gasteiger partial charge on any atom is -0.381 e. The molecule has 2 heterocycles. The van der Waals surface area contributed by atoms with Crippen molar-refractivity contribution in [2.24, 2.45) is 17.8 Å². The van der Waals surface area contributed by atoms with Gasteiger partial charge in [0.05, 0.1) is 6.61 Å². The van der Waals surface area contributed by atoms with E-state index >= 15 is 0 Å². The fourth-order valence-electron chi connectivity index (χ4n) is 4.73. The molecule has 5 nitrogen and oxygen atoms in total. The number of piperidine rings is 1. The first kappa shape index (κ1) is 18.3. The molecule has 8 heteroatoms. The quantitative estimate of drug-likeness (QED) is 0.841. The van der Waals surface area contributed by atoms with Crippen molar-refractivity contribution in [2.75, 3.05) is 32.8 Å². The molecule has 1 N–H and O–H groups in total. The lowest BCUT2D eigenvalue weighted by atomic mass is 9.92. The van der Waals surface area contributed by atoms with Crippen molar-refractivity contribution < 1.29 is 21.9 Å². The Balaban J connectivity index is 1.46. The first-order valence-corrected chi connectivity index (χ1v) is 10.7. The Hall–Kier alpha value is -1.09. The monoisotopic (exact) mass is 386 g/mol. The third-order valence-corrected chi connectivity index (χ3v) is 7.44. The second-order valence-electron chi connectivity index (χ2n) is 7.74. The van der Waals surface area contributed by atoms with E-state index in [1.807, 2.05) is 0 Å². The van der Waals surface area contributed by atoms with Crippen LogP contribution in [-0.4, -0.2) is 52.2 Å². The average Bonchev–Trinajstić information content (AvgIpc) is 3.13. The fourth-order valence-corrected chi connectivity index (χ4v) is 6.24. The SMILES string of the molecule is O=S(=O)(NC1C2CCC1CN(CC1CCOC1)C2)c1c(F)cccc1F. The van der Waals surface area contributed by atoms with E-state index in [1.54, 1.807) is 0 Å². The van der Waals surface area contributed by atoms with Gasteiger partial charge in [-0.3, -0.25) is 0 Å². The van der Waals surface area contributed by atoms with Crippen molar-refractivity contribution in [2.45, 2.75) is 30.2 Å². The summed E-state index contributed by atoms with van der Waals surface area (Å²) < 4.78 is 61.1. The Morgan fingerprint density at radius 1 is 1.12 bits per heavy atom. The molecule has 1 aliphatic carbocycles. The molecule has 0 radical (unpaired) electrons. The molecule has 26 heavy (non-hydrogen) atoms. The number of rotatable bonds is 5. The number of ether oxygens (including phenoxy) is 1. The van der Waals surface area contributed by atoms with Crippen molar-refractivity contribution in [1.29, 1.82) is 0 Å². The molecule has 3 fully saturated rings. The van der Waals surface area contributed by atoms with Gasteiger partial charge in [0.2, 0.25) is 10.0 Å². The number of benzene rings is 1. The van der Waals surface area contributed by atoms with Crippen LogP contribution < -0.4 is 4.72 Å². The van der Waals surface area contributed by atoms with E-state index < -0.39 is 26.6 Å². The molecule has 1 saturated carbocycles. The molecule has 3 unspecified atom stereocenters. The first-order valence-electron chi connectivity index (χ1n) is 9.20. The third-order valence-electron chi connectivity index (χ3n) is 5.93. The highest BCUT2D eigenvalue weighted by Crippen LogP contribution is 2.38. The summed E-state index contributed by atoms with van der Waals surface area (Å²) in [5.74, 6) is -1.19. The number of nitrogens with one attached hydrogen (secondary N) is 1. The topological polar surface area (TPSA) is 58.6 Å². The van der Waals surface area contributed by atoms with Gasteiger partial charge >= 0.3 is 0 Å². The minimum atomic E-state index is -4.23. The molecule has 2 bridgehead atoms. The van der Waals surface area contributed by atoms with E-state index in [0.717, 1.165) is 64.2 Å². The van der Waals surface area contributed by atoms with Crippen LogP contribution in [0.25, 0.3) is 0 Å². The number of hydrogen-bond donors (Lipinski definition) is 1. The first-order chi connectivity index (χ1) is 12.4. The number of likely N-dealkylation sites (tertiary alicyclic amines) is 1. The van der Waals surface area contributed by atoms with Gasteiger partial charge in [-0.15, -0.1) is 0 Å². The highest BCUT2D eigenvalue weighted by molar-refractivity contribution is 7.89. The van der Waals surface area contributed by atoms with Crippen LogP contribution in [0.5, 0.6) is 0 Å². The van der Waals surface area contributed by atoms with Crippen molar-refractivity contribution >= 4 is 10.0 Å². The Labute approximate surface area is 152 Å². The number of fused-ring (bicyclic) bond motifs is 2. The highest BCUT2D eigenvalue weighted by Gasteiger charge is 2.44. The highest BCUT2D eigenvalue weighted by atomic mass is 32.2. The second-order valence-corrected chi connectivity index (χ2v) is 9.39. The standard InChI is InChI=1S/C18H24F2N2O3S/c19-15-2-1-3-16(20)18(15)26(23,24)21-17-13-4-5-14(17)10-22(9-13)8-12-6-7-25-11-12/h1-3,12-14,17,21H,4-11H2. The second kappa shape index (κ2) is 7.14. The minimum absolute atomic E-state index is 0.181. The summed E-state index contributed by atoms with van der Waals surface area (Å²) in [7, 11) is -4.23. The predicted octanol–water partition coefficient (Wildman–Crippen LogP) is 1.99. The molecular formula is C18H24F2N2O3S. The number of hydrogen-bond acceptors (Lipinski definition) is 4. The van der Waals surface area contributed by atoms with Crippen LogP contribution in [0.3, 0.4) is 0 Å². The van der Waals surface area contributed by atoms with E-state index in [9.17, 15) is 17.2 Å². The summed E-state index contributed by atoms with van der Waals surface area (Å²) in [6.07, 6.45) is 2.96. The molecule has 144 valence electrons. The smallest absolute Gasteiger partial charge is 0.246 e. The van der Waals surface area contributed by atoms with Gasteiger partial charge in [0.15, 0.2) is 4.90 Å². The van der Waals surface area contributed by atoms with Crippen molar-refractivity contribution in [3.63, 3.8) is 0 Å². The van der Waals surface area contributed by atoms with Gasteiger partial charge in [-0.2, -0.15) is 0 Å². The maximum atomic E-state index is 13.9. The van der Waals surface area contributed by atoms with Crippen molar-refractivity contribution in [3.8, 4) is 0 Å². The number of nitrogens with zero attached hydrogens (tertiary/aromatic N) is 1. The zero-order chi connectivity index (χ0) is 18.3. The molecule has 2 saturated heterocycles. The molecule has 3 atom stereocenters. The van der Waals surface area contributed by atoms with Gasteiger partial charge in [0, 0.05) is 32.3 Å². The van der Waals surface area contributed by atoms with Gasteiger partial charge in [0.1, 0.15) is 11.6 Å². The van der Waals surface area contributed by atoms with E-state index in [-0.39, 0.29) is 17.9 Å². The van der Waals surface area contributed by atoms with Gasteiger partial charge in [-0.1, -0.05) is 6.07 Å². The normalized spacial score (nSPS) is 32.2. The maximum absolute atomic E-state index is 13.9. The molecule has 0 amide bonds. The molecule has 0 aromatic heterocycles. The van der Waals surface area contributed by atoms with Crippen molar-refractivity contribution in [3.05, 3.63) is 29.8 Å². The van der Waals surface area contributed by atoms with Crippen LogP contribution in [0.15, 0.2) is 23.1 Å². The summed E-state index contributed by atoms with van der Waals surface area (Å²) in [5.41, 5.74) is 0. The van der Waals surface area contributed by atoms with Crippen molar-refractivity contribution in [1.82, 2.24) is 9.62 Å². The van der Waals surface area contributed by atoms with Crippen LogP contribution in [0.2, 0.25) is 0 Å². The Morgan fingerprint density at radius 3 is 2.35 bits per heavy atom. The van der Waals surface area contributed by atoms with Gasteiger partial charge in [0.25, 0.3) is 0 Å². The summed E-state index contributed by atoms with van der Waals surface area (Å²) in [6.45, 7) is 4.24. The van der Waals surface area contributed by atoms with E-state index in [4.69, 9.17) is 4.74 Å². The van der Waals surface area contributed by atoms with Gasteiger partial charge < -0.3 is 9.64 Å². The number of sulfonamides is 1. The Kier molecular flexibility index (Phi) is 5.02. The van der Waals surface area contributed by atoms with E-state index in [2.05, 4.69) is 9.62 Å². The molecule has 2 aliphatic heterocycles. The molecule has 3 aliphatic rings. The number of halogens is 2. The van der Waals surface area contributed by atoms with E-state index in [0.29, 0.717) is 5.92 Å². The average molecular weight is 386 g/mol. The molecule has 4 rings (SSSR count). The summed E-state index contributed by atoms with van der Waals surface area (Å²) in [4.78, 5) is 1.53. The lowest BCUT2D eigenvalue weighted by Gasteiger charge is -2.39. The molecule has 0 spiro atoms. The largest absolute Gasteiger partial charge is 0.381 e. The Bertz CT molecular complexity index is 733. The summed E-state index contributed by atoms with van der Waals surface area (Å²) >= 11 is 0. The fraction of sp³-hybridized carbons (Fsp3) is 0.667. The van der Waals surface area contributed by atoms with E-state index in [1.165, 1.54) is 6.07 Å². The molecule has 1 aromatic rings. The zero-order valence-electron chi connectivity index (χ0n) is 14.5. The van der Waals surface area contributed by atoms with Crippen LogP contribution in [0.4, 0.5) is 8.78 Å². The van der Waals surface area contributed by atoms with Crippen LogP contribution in [0.1, 0.15) is 19.3 Å². The lowest BCUT2D eigenvalue weighted by Crippen LogP contribution is -2.53. The van der Waals surface area contributed by atoms with Gasteiger partial charge in [-0.25, -0.2) is 21.9 Å². The van der Waals surface area contributed by atoms with Crippen LogP contribution in [0, 0.1) is 29.4 Å². The van der Waals surface area contributed by atoms with Crippen LogP contribution in [-0.2, 0) is 14.8 Å². The van der Waals surface area contributed by atoms with Crippen LogP contribution >= 0.6 is 0 Å².